The maximum Gasteiger partial charge on any atom is 0.306 e. The number of fused-ring (bicyclic) bond motifs is 3. The molecule has 0 spiro atoms. The molecule has 1 atom stereocenters. The number of benzene rings is 1. The van der Waals surface area contributed by atoms with E-state index in [1.54, 1.807) is 10.8 Å². The minimum Gasteiger partial charge on any atom is -0.265 e. The molecule has 4 rings (SSSR count). The third kappa shape index (κ3) is 2.35. The van der Waals surface area contributed by atoms with Crippen molar-refractivity contribution >= 4 is 22.2 Å². The van der Waals surface area contributed by atoms with E-state index in [9.17, 15) is 10.1 Å². The SMILES string of the molecule is CC(Cn1cc([N+](=O)[O-])cn1)c1nc2c3ccccc3ncn2n1. The number of nitrogens with zero attached hydrogens (tertiary/aromatic N) is 7. The van der Waals surface area contributed by atoms with Gasteiger partial charge in [-0.2, -0.15) is 5.10 Å². The molecule has 0 amide bonds. The van der Waals surface area contributed by atoms with Crippen LogP contribution >= 0.6 is 0 Å². The first-order chi connectivity index (χ1) is 11.6. The van der Waals surface area contributed by atoms with Crippen LogP contribution in [0.4, 0.5) is 5.69 Å². The van der Waals surface area contributed by atoms with Crippen molar-refractivity contribution in [2.45, 2.75) is 19.4 Å². The van der Waals surface area contributed by atoms with E-state index in [1.165, 1.54) is 17.1 Å². The van der Waals surface area contributed by atoms with Gasteiger partial charge in [-0.05, 0) is 12.1 Å². The predicted molar refractivity (Wildman–Crippen MR) is 85.6 cm³/mol. The van der Waals surface area contributed by atoms with Crippen molar-refractivity contribution < 1.29 is 4.92 Å². The molecule has 9 heteroatoms. The van der Waals surface area contributed by atoms with Crippen LogP contribution in [0.1, 0.15) is 18.7 Å². The molecule has 0 saturated heterocycles. The lowest BCUT2D eigenvalue weighted by atomic mass is 10.2. The van der Waals surface area contributed by atoms with Crippen LogP contribution in [0.3, 0.4) is 0 Å². The highest BCUT2D eigenvalue weighted by Gasteiger charge is 2.17. The number of nitro groups is 1. The van der Waals surface area contributed by atoms with E-state index < -0.39 is 4.92 Å². The zero-order valence-electron chi connectivity index (χ0n) is 12.8. The normalized spacial score (nSPS) is 12.7. The number of aromatic nitrogens is 6. The van der Waals surface area contributed by atoms with Gasteiger partial charge < -0.3 is 0 Å². The van der Waals surface area contributed by atoms with Gasteiger partial charge >= 0.3 is 5.69 Å². The van der Waals surface area contributed by atoms with Crippen molar-refractivity contribution in [3.05, 3.63) is 58.9 Å². The lowest BCUT2D eigenvalue weighted by Crippen LogP contribution is -2.08. The Labute approximate surface area is 135 Å². The molecule has 1 unspecified atom stereocenters. The number of hydrogen-bond donors (Lipinski definition) is 0. The van der Waals surface area contributed by atoms with Crippen molar-refractivity contribution in [2.24, 2.45) is 0 Å². The molecule has 0 radical (unpaired) electrons. The Morgan fingerprint density at radius 3 is 2.96 bits per heavy atom. The molecule has 0 saturated carbocycles. The second kappa shape index (κ2) is 5.37. The number of hydrogen-bond acceptors (Lipinski definition) is 6. The van der Waals surface area contributed by atoms with Crippen molar-refractivity contribution in [3.8, 4) is 0 Å². The van der Waals surface area contributed by atoms with E-state index in [-0.39, 0.29) is 11.6 Å². The number of rotatable bonds is 4. The van der Waals surface area contributed by atoms with E-state index in [2.05, 4.69) is 20.2 Å². The second-order valence-corrected chi connectivity index (χ2v) is 5.58. The highest BCUT2D eigenvalue weighted by molar-refractivity contribution is 5.90. The monoisotopic (exact) mass is 323 g/mol. The maximum atomic E-state index is 10.7. The van der Waals surface area contributed by atoms with Gasteiger partial charge in [0, 0.05) is 11.3 Å². The molecule has 9 nitrogen and oxygen atoms in total. The Morgan fingerprint density at radius 2 is 2.17 bits per heavy atom. The largest absolute Gasteiger partial charge is 0.306 e. The van der Waals surface area contributed by atoms with Crippen LogP contribution < -0.4 is 0 Å². The Kier molecular flexibility index (Phi) is 3.19. The average molecular weight is 323 g/mol. The van der Waals surface area contributed by atoms with Crippen LogP contribution in [0.2, 0.25) is 0 Å². The van der Waals surface area contributed by atoms with Gasteiger partial charge in [-0.15, -0.1) is 5.10 Å². The summed E-state index contributed by atoms with van der Waals surface area (Å²) in [5.41, 5.74) is 1.58. The Morgan fingerprint density at radius 1 is 1.33 bits per heavy atom. The molecule has 24 heavy (non-hydrogen) atoms. The smallest absolute Gasteiger partial charge is 0.265 e. The van der Waals surface area contributed by atoms with Crippen LogP contribution in [-0.2, 0) is 6.54 Å². The molecular formula is C15H13N7O2. The highest BCUT2D eigenvalue weighted by Crippen LogP contribution is 2.20. The zero-order valence-corrected chi connectivity index (χ0v) is 12.8. The first kappa shape index (κ1) is 14.2. The number of para-hydroxylation sites is 1. The van der Waals surface area contributed by atoms with Crippen LogP contribution in [0.25, 0.3) is 16.6 Å². The molecule has 0 fully saturated rings. The minimum absolute atomic E-state index is 0.0274. The molecule has 1 aromatic carbocycles. The minimum atomic E-state index is -0.463. The topological polar surface area (TPSA) is 104 Å². The van der Waals surface area contributed by atoms with E-state index in [0.717, 1.165) is 16.6 Å². The first-order valence-electron chi connectivity index (χ1n) is 7.38. The van der Waals surface area contributed by atoms with Gasteiger partial charge in [0.1, 0.15) is 18.7 Å². The van der Waals surface area contributed by atoms with Crippen molar-refractivity contribution in [3.63, 3.8) is 0 Å². The lowest BCUT2D eigenvalue weighted by Gasteiger charge is -2.06. The van der Waals surface area contributed by atoms with Gasteiger partial charge in [-0.25, -0.2) is 14.5 Å². The predicted octanol–water partition coefficient (Wildman–Crippen LogP) is 2.19. The quantitative estimate of drug-likeness (QED) is 0.421. The fraction of sp³-hybridized carbons (Fsp3) is 0.200. The van der Waals surface area contributed by atoms with Gasteiger partial charge in [0.25, 0.3) is 0 Å². The summed E-state index contributed by atoms with van der Waals surface area (Å²) in [4.78, 5) is 19.2. The van der Waals surface area contributed by atoms with Gasteiger partial charge in [-0.3, -0.25) is 14.8 Å². The van der Waals surface area contributed by atoms with Crippen LogP contribution in [0.5, 0.6) is 0 Å². The highest BCUT2D eigenvalue weighted by atomic mass is 16.6. The van der Waals surface area contributed by atoms with Gasteiger partial charge in [0.2, 0.25) is 0 Å². The van der Waals surface area contributed by atoms with Crippen molar-refractivity contribution in [1.82, 2.24) is 29.4 Å². The summed E-state index contributed by atoms with van der Waals surface area (Å²) in [5.74, 6) is 0.592. The molecule has 0 aliphatic carbocycles. The third-order valence-electron chi connectivity index (χ3n) is 3.83. The van der Waals surface area contributed by atoms with E-state index >= 15 is 0 Å². The van der Waals surface area contributed by atoms with E-state index in [4.69, 9.17) is 0 Å². The maximum absolute atomic E-state index is 10.7. The fourth-order valence-corrected chi connectivity index (χ4v) is 2.61. The second-order valence-electron chi connectivity index (χ2n) is 5.58. The molecular weight excluding hydrogens is 310 g/mol. The average Bonchev–Trinajstić information content (AvgIpc) is 3.21. The summed E-state index contributed by atoms with van der Waals surface area (Å²) in [6.07, 6.45) is 4.28. The zero-order chi connectivity index (χ0) is 16.7. The molecule has 3 heterocycles. The summed E-state index contributed by atoms with van der Waals surface area (Å²) in [7, 11) is 0. The van der Waals surface area contributed by atoms with Gasteiger partial charge in [0.05, 0.1) is 17.0 Å². The summed E-state index contributed by atoms with van der Waals surface area (Å²) >= 11 is 0. The molecule has 0 aliphatic heterocycles. The molecule has 3 aromatic heterocycles. The van der Waals surface area contributed by atoms with E-state index in [1.807, 2.05) is 31.2 Å². The Balaban J connectivity index is 1.67. The summed E-state index contributed by atoms with van der Waals surface area (Å²) < 4.78 is 3.19. The van der Waals surface area contributed by atoms with Crippen LogP contribution in [0.15, 0.2) is 43.0 Å². The molecule has 0 bridgehead atoms. The molecule has 4 aromatic rings. The van der Waals surface area contributed by atoms with Crippen molar-refractivity contribution in [2.75, 3.05) is 0 Å². The first-order valence-corrected chi connectivity index (χ1v) is 7.38. The van der Waals surface area contributed by atoms with Crippen LogP contribution in [0, 0.1) is 10.1 Å². The lowest BCUT2D eigenvalue weighted by molar-refractivity contribution is -0.385. The third-order valence-corrected chi connectivity index (χ3v) is 3.83. The molecule has 0 N–H and O–H groups in total. The van der Waals surface area contributed by atoms with E-state index in [0.29, 0.717) is 12.4 Å². The standard InChI is InChI=1S/C15H13N7O2/c1-10(7-20-8-11(6-17-20)22(23)24)14-18-15-12-4-2-3-5-13(12)16-9-21(15)19-14/h2-6,8-10H,7H2,1H3. The van der Waals surface area contributed by atoms with Gasteiger partial charge in [-0.1, -0.05) is 19.1 Å². The van der Waals surface area contributed by atoms with Gasteiger partial charge in [0.15, 0.2) is 11.5 Å². The summed E-state index contributed by atoms with van der Waals surface area (Å²) in [6, 6.07) is 7.74. The summed E-state index contributed by atoms with van der Waals surface area (Å²) in [5, 5.41) is 20.1. The van der Waals surface area contributed by atoms with Crippen LogP contribution in [-0.4, -0.2) is 34.3 Å². The fourth-order valence-electron chi connectivity index (χ4n) is 2.61. The Bertz CT molecular complexity index is 1050. The van der Waals surface area contributed by atoms with Crippen molar-refractivity contribution in [1.29, 1.82) is 0 Å². The summed E-state index contributed by atoms with van der Waals surface area (Å²) in [6.45, 7) is 2.41. The molecule has 120 valence electrons. The Hall–Kier alpha value is -3.36. The molecule has 0 aliphatic rings.